The lowest BCUT2D eigenvalue weighted by atomic mass is 10.2. The maximum atomic E-state index is 2.39. The van der Waals surface area contributed by atoms with Crippen molar-refractivity contribution in [3.8, 4) is 19.5 Å². The molecule has 6 heteroatoms. The van der Waals surface area contributed by atoms with Gasteiger partial charge in [0.25, 0.3) is 0 Å². The zero-order valence-electron chi connectivity index (χ0n) is 12.0. The van der Waals surface area contributed by atoms with Crippen molar-refractivity contribution < 1.29 is 0 Å². The highest BCUT2D eigenvalue weighted by Gasteiger charge is 2.11. The Bertz CT molecular complexity index is 1050. The van der Waals surface area contributed by atoms with E-state index in [0.717, 1.165) is 0 Å². The van der Waals surface area contributed by atoms with Gasteiger partial charge in [-0.25, -0.2) is 0 Å². The number of rotatable bonds is 2. The van der Waals surface area contributed by atoms with Crippen molar-refractivity contribution in [2.75, 3.05) is 0 Å². The fraction of sp³-hybridized carbons (Fsp3) is 0. The Hall–Kier alpha value is -0.000000000000000167. The molecule has 0 aliphatic rings. The molecule has 118 valence electrons. The summed E-state index contributed by atoms with van der Waals surface area (Å²) in [6.45, 7) is 0. The molecule has 4 aromatic heterocycles. The summed E-state index contributed by atoms with van der Waals surface area (Å²) >= 11 is 12.3. The van der Waals surface area contributed by atoms with Gasteiger partial charge in [-0.05, 0) is 104 Å². The van der Waals surface area contributed by atoms with Gasteiger partial charge in [0.05, 0.1) is 5.77 Å². The van der Waals surface area contributed by atoms with Crippen LogP contribution in [-0.2, 0) is 0 Å². The summed E-state index contributed by atoms with van der Waals surface area (Å²) in [6.07, 6.45) is 0. The second-order valence-corrected chi connectivity index (χ2v) is 13.5. The monoisotopic (exact) mass is 606 g/mol. The third kappa shape index (κ3) is 2.88. The van der Waals surface area contributed by atoms with E-state index in [1.54, 1.807) is 0 Å². The highest BCUT2D eigenvalue weighted by atomic mass is 127. The van der Waals surface area contributed by atoms with E-state index in [0.29, 0.717) is 0 Å². The van der Waals surface area contributed by atoms with Gasteiger partial charge < -0.3 is 0 Å². The van der Waals surface area contributed by atoms with Crippen LogP contribution in [-0.4, -0.2) is 0 Å². The lowest BCUT2D eigenvalue weighted by Crippen LogP contribution is -1.62. The van der Waals surface area contributed by atoms with E-state index in [2.05, 4.69) is 93.7 Å². The minimum absolute atomic E-state index is 1.34. The van der Waals surface area contributed by atoms with Crippen LogP contribution in [0.1, 0.15) is 0 Å². The first-order valence-electron chi connectivity index (χ1n) is 7.14. The van der Waals surface area contributed by atoms with Crippen LogP contribution < -0.4 is 0 Å². The van der Waals surface area contributed by atoms with E-state index in [9.17, 15) is 0 Å². The highest BCUT2D eigenvalue weighted by Crippen LogP contribution is 2.42. The predicted molar refractivity (Wildman–Crippen MR) is 129 cm³/mol. The standard InChI is InChI=1S/C18H8I2S4/c19-17-3-1-11(23-17)15-7-9-5-14-10(6-13(9)21-15)8-16(22-14)12-2-4-18(20)24-12/h1-8H. The molecule has 5 rings (SSSR count). The highest BCUT2D eigenvalue weighted by molar-refractivity contribution is 14.1. The molecule has 0 amide bonds. The maximum Gasteiger partial charge on any atom is 0.0660 e. The van der Waals surface area contributed by atoms with Gasteiger partial charge in [0.15, 0.2) is 0 Å². The molecule has 4 heterocycles. The van der Waals surface area contributed by atoms with Crippen LogP contribution in [0.15, 0.2) is 48.5 Å². The topological polar surface area (TPSA) is 0 Å². The van der Waals surface area contributed by atoms with Crippen LogP contribution in [0.25, 0.3) is 39.7 Å². The van der Waals surface area contributed by atoms with Crippen LogP contribution in [0.2, 0.25) is 0 Å². The average molecular weight is 606 g/mol. The minimum Gasteiger partial charge on any atom is -0.134 e. The smallest absolute Gasteiger partial charge is 0.0660 e. The van der Waals surface area contributed by atoms with E-state index in [-0.39, 0.29) is 0 Å². The third-order valence-electron chi connectivity index (χ3n) is 3.79. The maximum absolute atomic E-state index is 2.39. The summed E-state index contributed by atoms with van der Waals surface area (Å²) in [5, 5.41) is 2.72. The molecule has 0 N–H and O–H groups in total. The fourth-order valence-corrected chi connectivity index (χ4v) is 8.30. The Morgan fingerprint density at radius 1 is 0.500 bits per heavy atom. The Labute approximate surface area is 182 Å². The van der Waals surface area contributed by atoms with Gasteiger partial charge in [-0.15, -0.1) is 45.3 Å². The zero-order valence-corrected chi connectivity index (χ0v) is 19.6. The average Bonchev–Trinajstić information content (AvgIpc) is 3.29. The van der Waals surface area contributed by atoms with Crippen molar-refractivity contribution >= 4 is 111 Å². The summed E-state index contributed by atoms with van der Waals surface area (Å²) in [6, 6.07) is 18.2. The number of halogens is 2. The van der Waals surface area contributed by atoms with Crippen LogP contribution in [0, 0.1) is 5.77 Å². The van der Waals surface area contributed by atoms with Crippen LogP contribution in [0.4, 0.5) is 0 Å². The quantitative estimate of drug-likeness (QED) is 0.176. The Balaban J connectivity index is 1.64. The summed E-state index contributed by atoms with van der Waals surface area (Å²) in [5.74, 6) is 0. The molecule has 0 radical (unpaired) electrons. The first-order chi connectivity index (χ1) is 11.7. The van der Waals surface area contributed by atoms with Gasteiger partial charge >= 0.3 is 0 Å². The lowest BCUT2D eigenvalue weighted by Gasteiger charge is -1.89. The normalized spacial score (nSPS) is 11.8. The molecule has 0 aliphatic carbocycles. The minimum atomic E-state index is 1.34. The molecule has 0 spiro atoms. The van der Waals surface area contributed by atoms with Crippen molar-refractivity contribution in [2.24, 2.45) is 0 Å². The number of fused-ring (bicyclic) bond motifs is 2. The first-order valence-corrected chi connectivity index (χ1v) is 12.6. The second kappa shape index (κ2) is 6.31. The van der Waals surface area contributed by atoms with Crippen molar-refractivity contribution in [2.45, 2.75) is 0 Å². The van der Waals surface area contributed by atoms with Gasteiger partial charge in [0.2, 0.25) is 0 Å². The molecule has 0 unspecified atom stereocenters. The summed E-state index contributed by atoms with van der Waals surface area (Å²) in [5.41, 5.74) is 0. The molecule has 0 atom stereocenters. The van der Waals surface area contributed by atoms with E-state index >= 15 is 0 Å². The summed E-state index contributed by atoms with van der Waals surface area (Å²) in [4.78, 5) is 5.50. The Morgan fingerprint density at radius 2 is 0.958 bits per heavy atom. The van der Waals surface area contributed by atoms with Crippen molar-refractivity contribution in [1.29, 1.82) is 0 Å². The van der Waals surface area contributed by atoms with E-state index in [1.807, 2.05) is 45.3 Å². The number of benzene rings is 1. The third-order valence-corrected chi connectivity index (χ3v) is 10.2. The number of hydrogen-bond donors (Lipinski definition) is 0. The molecule has 1 aromatic carbocycles. The van der Waals surface area contributed by atoms with Gasteiger partial charge in [0.1, 0.15) is 0 Å². The summed E-state index contributed by atoms with van der Waals surface area (Å²) < 4.78 is 5.45. The van der Waals surface area contributed by atoms with E-state index in [4.69, 9.17) is 0 Å². The summed E-state index contributed by atoms with van der Waals surface area (Å²) in [7, 11) is 0. The first kappa shape index (κ1) is 16.2. The van der Waals surface area contributed by atoms with Crippen molar-refractivity contribution in [3.63, 3.8) is 0 Å². The molecule has 0 saturated heterocycles. The molecule has 0 aliphatic heterocycles. The number of thiophene rings is 4. The van der Waals surface area contributed by atoms with Gasteiger partial charge in [0, 0.05) is 28.9 Å². The zero-order chi connectivity index (χ0) is 16.3. The van der Waals surface area contributed by atoms with Crippen LogP contribution >= 0.6 is 90.5 Å². The van der Waals surface area contributed by atoms with Crippen molar-refractivity contribution in [1.82, 2.24) is 0 Å². The van der Waals surface area contributed by atoms with E-state index in [1.165, 1.54) is 45.4 Å². The van der Waals surface area contributed by atoms with E-state index < -0.39 is 0 Å². The molecular formula is C18H8I2S4. The molecule has 0 saturated carbocycles. The molecule has 24 heavy (non-hydrogen) atoms. The molecular weight excluding hydrogens is 598 g/mol. The molecule has 0 nitrogen and oxygen atoms in total. The van der Waals surface area contributed by atoms with Gasteiger partial charge in [-0.3, -0.25) is 0 Å². The Kier molecular flexibility index (Phi) is 4.26. The predicted octanol–water partition coefficient (Wildman–Crippen LogP) is 8.78. The van der Waals surface area contributed by atoms with Gasteiger partial charge in [-0.2, -0.15) is 0 Å². The fourth-order valence-electron chi connectivity index (χ4n) is 2.71. The second-order valence-electron chi connectivity index (χ2n) is 5.36. The largest absolute Gasteiger partial charge is 0.134 e. The van der Waals surface area contributed by atoms with Crippen molar-refractivity contribution in [3.05, 3.63) is 54.3 Å². The van der Waals surface area contributed by atoms with Gasteiger partial charge in [-0.1, -0.05) is 0 Å². The Morgan fingerprint density at radius 3 is 1.33 bits per heavy atom. The lowest BCUT2D eigenvalue weighted by molar-refractivity contribution is 1.93. The molecule has 0 bridgehead atoms. The molecule has 0 fully saturated rings. The van der Waals surface area contributed by atoms with Crippen LogP contribution in [0.3, 0.4) is 0 Å². The SMILES string of the molecule is Ic1ccc(-c2cc3cc4sc(-c5ccc(I)s5)cc4cc3s2)s1. The molecule has 5 aromatic rings. The van der Waals surface area contributed by atoms with Crippen LogP contribution in [0.5, 0.6) is 0 Å². The number of hydrogen-bond acceptors (Lipinski definition) is 4.